The Bertz CT molecular complexity index is 616. The lowest BCUT2D eigenvalue weighted by molar-refractivity contribution is 0.382. The highest BCUT2D eigenvalue weighted by molar-refractivity contribution is 7.89. The van der Waals surface area contributed by atoms with E-state index >= 15 is 0 Å². The average molecular weight is 386 g/mol. The molecule has 1 aromatic carbocycles. The monoisotopic (exact) mass is 385 g/mol. The number of hydrogen-bond donors (Lipinski definition) is 2. The van der Waals surface area contributed by atoms with Gasteiger partial charge in [-0.1, -0.05) is 65.2 Å². The minimum Gasteiger partial charge on any atom is -0.504 e. The molecule has 26 heavy (non-hydrogen) atoms. The van der Waals surface area contributed by atoms with Gasteiger partial charge in [0.25, 0.3) is 0 Å². The molecule has 1 rings (SSSR count). The molecule has 0 aliphatic heterocycles. The van der Waals surface area contributed by atoms with Gasteiger partial charge in [0.15, 0.2) is 11.5 Å². The maximum atomic E-state index is 13.0. The number of nitrogens with zero attached hydrogens (tertiary/aromatic N) is 1. The van der Waals surface area contributed by atoms with E-state index in [0.717, 1.165) is 51.0 Å². The van der Waals surface area contributed by atoms with Gasteiger partial charge in [-0.05, 0) is 25.0 Å². The van der Waals surface area contributed by atoms with Gasteiger partial charge in [-0.25, -0.2) is 8.42 Å². The molecular weight excluding hydrogens is 350 g/mol. The highest BCUT2D eigenvalue weighted by atomic mass is 32.2. The second-order valence-corrected chi connectivity index (χ2v) is 8.82. The van der Waals surface area contributed by atoms with Gasteiger partial charge < -0.3 is 10.2 Å². The lowest BCUT2D eigenvalue weighted by Gasteiger charge is -2.22. The number of phenols is 2. The van der Waals surface area contributed by atoms with E-state index in [-0.39, 0.29) is 10.6 Å². The summed E-state index contributed by atoms with van der Waals surface area (Å²) in [5.41, 5.74) is 0. The van der Waals surface area contributed by atoms with E-state index in [9.17, 15) is 18.6 Å². The Hall–Kier alpha value is -1.27. The largest absolute Gasteiger partial charge is 0.504 e. The molecule has 0 aliphatic rings. The minimum absolute atomic E-state index is 0.0364. The summed E-state index contributed by atoms with van der Waals surface area (Å²) in [5.74, 6) is -0.717. The molecule has 1 aromatic rings. The van der Waals surface area contributed by atoms with Crippen LogP contribution in [0.25, 0.3) is 0 Å². The van der Waals surface area contributed by atoms with E-state index in [1.807, 2.05) is 0 Å². The van der Waals surface area contributed by atoms with Crippen LogP contribution in [-0.2, 0) is 10.0 Å². The van der Waals surface area contributed by atoms with Gasteiger partial charge in [0.05, 0.1) is 4.90 Å². The molecule has 0 amide bonds. The quantitative estimate of drug-likeness (QED) is 0.348. The third-order valence-electron chi connectivity index (χ3n) is 4.61. The molecule has 0 aromatic heterocycles. The van der Waals surface area contributed by atoms with E-state index in [1.54, 1.807) is 0 Å². The van der Waals surface area contributed by atoms with Crippen molar-refractivity contribution in [3.63, 3.8) is 0 Å². The first-order chi connectivity index (χ1) is 12.4. The molecule has 6 heteroatoms. The zero-order valence-electron chi connectivity index (χ0n) is 16.3. The summed E-state index contributed by atoms with van der Waals surface area (Å²) in [6.45, 7) is 5.31. The molecule has 0 spiro atoms. The Morgan fingerprint density at radius 2 is 1.27 bits per heavy atom. The fraction of sp³-hybridized carbons (Fsp3) is 0.700. The van der Waals surface area contributed by atoms with Gasteiger partial charge in [-0.3, -0.25) is 0 Å². The van der Waals surface area contributed by atoms with Crippen LogP contribution in [0.1, 0.15) is 78.1 Å². The Balaban J connectivity index is 2.75. The van der Waals surface area contributed by atoms with Crippen LogP contribution in [0.15, 0.2) is 23.1 Å². The average Bonchev–Trinajstić information content (AvgIpc) is 2.61. The number of phenolic OH excluding ortho intramolecular Hbond substituents is 2. The van der Waals surface area contributed by atoms with Crippen LogP contribution < -0.4 is 0 Å². The van der Waals surface area contributed by atoms with Crippen molar-refractivity contribution < 1.29 is 18.6 Å². The lowest BCUT2D eigenvalue weighted by atomic mass is 10.1. The summed E-state index contributed by atoms with van der Waals surface area (Å²) in [4.78, 5) is 0.0364. The van der Waals surface area contributed by atoms with E-state index < -0.39 is 15.8 Å². The summed E-state index contributed by atoms with van der Waals surface area (Å²) < 4.78 is 27.5. The predicted molar refractivity (Wildman–Crippen MR) is 106 cm³/mol. The van der Waals surface area contributed by atoms with Crippen LogP contribution in [-0.4, -0.2) is 36.0 Å². The van der Waals surface area contributed by atoms with Crippen molar-refractivity contribution in [3.05, 3.63) is 18.2 Å². The van der Waals surface area contributed by atoms with Crippen molar-refractivity contribution in [3.8, 4) is 11.5 Å². The molecule has 0 saturated carbocycles. The smallest absolute Gasteiger partial charge is 0.243 e. The molecule has 5 nitrogen and oxygen atoms in total. The maximum Gasteiger partial charge on any atom is 0.243 e. The topological polar surface area (TPSA) is 77.8 Å². The van der Waals surface area contributed by atoms with Crippen LogP contribution >= 0.6 is 0 Å². The molecule has 2 N–H and O–H groups in total. The molecule has 0 bridgehead atoms. The zero-order valence-corrected chi connectivity index (χ0v) is 17.1. The summed E-state index contributed by atoms with van der Waals surface area (Å²) in [6.07, 6.45) is 10.7. The number of unbranched alkanes of at least 4 members (excludes halogenated alkanes) is 8. The van der Waals surface area contributed by atoms with Crippen LogP contribution in [0.3, 0.4) is 0 Å². The number of sulfonamides is 1. The minimum atomic E-state index is -3.66. The third kappa shape index (κ3) is 7.54. The Morgan fingerprint density at radius 1 is 0.769 bits per heavy atom. The van der Waals surface area contributed by atoms with Gasteiger partial charge in [0.1, 0.15) is 0 Å². The molecule has 0 saturated heterocycles. The molecule has 0 atom stereocenters. The van der Waals surface area contributed by atoms with E-state index in [2.05, 4.69) is 13.8 Å². The summed E-state index contributed by atoms with van der Waals surface area (Å²) in [6, 6.07) is 3.71. The highest BCUT2D eigenvalue weighted by Gasteiger charge is 2.24. The van der Waals surface area contributed by atoms with Crippen LogP contribution in [0, 0.1) is 0 Å². The second-order valence-electron chi connectivity index (χ2n) is 6.88. The van der Waals surface area contributed by atoms with E-state index in [1.165, 1.54) is 35.7 Å². The third-order valence-corrected chi connectivity index (χ3v) is 6.50. The van der Waals surface area contributed by atoms with Gasteiger partial charge in [0, 0.05) is 19.2 Å². The Kier molecular flexibility index (Phi) is 10.7. The first kappa shape index (κ1) is 22.8. The van der Waals surface area contributed by atoms with Gasteiger partial charge >= 0.3 is 0 Å². The first-order valence-electron chi connectivity index (χ1n) is 9.95. The van der Waals surface area contributed by atoms with Crippen LogP contribution in [0.4, 0.5) is 0 Å². The second kappa shape index (κ2) is 12.2. The van der Waals surface area contributed by atoms with Gasteiger partial charge in [-0.15, -0.1) is 0 Å². The van der Waals surface area contributed by atoms with Crippen molar-refractivity contribution in [2.45, 2.75) is 83.0 Å². The standard InChI is InChI=1S/C20H35NO4S/c1-3-5-7-9-10-12-16-21(15-11-8-6-4-2)26(24,25)18-13-14-19(22)20(23)17-18/h13-14,17,22-23H,3-12,15-16H2,1-2H3. The molecule has 0 unspecified atom stereocenters. The molecule has 0 radical (unpaired) electrons. The van der Waals surface area contributed by atoms with Crippen molar-refractivity contribution >= 4 is 10.0 Å². The lowest BCUT2D eigenvalue weighted by Crippen LogP contribution is -2.33. The van der Waals surface area contributed by atoms with E-state index in [0.29, 0.717) is 13.1 Å². The van der Waals surface area contributed by atoms with Crippen LogP contribution in [0.5, 0.6) is 11.5 Å². The zero-order chi connectivity index (χ0) is 19.4. The van der Waals surface area contributed by atoms with Gasteiger partial charge in [-0.2, -0.15) is 4.31 Å². The number of benzene rings is 1. The molecule has 0 aliphatic carbocycles. The molecule has 0 heterocycles. The van der Waals surface area contributed by atoms with Crippen molar-refractivity contribution in [2.75, 3.05) is 13.1 Å². The normalized spacial score (nSPS) is 12.0. The summed E-state index contributed by atoms with van der Waals surface area (Å²) in [7, 11) is -3.66. The maximum absolute atomic E-state index is 13.0. The van der Waals surface area contributed by atoms with Crippen molar-refractivity contribution in [1.29, 1.82) is 0 Å². The molecule has 0 fully saturated rings. The number of rotatable bonds is 14. The predicted octanol–water partition coefficient (Wildman–Crippen LogP) is 5.03. The highest BCUT2D eigenvalue weighted by Crippen LogP contribution is 2.29. The SMILES string of the molecule is CCCCCCCCN(CCCCCC)S(=O)(=O)c1ccc(O)c(O)c1. The summed E-state index contributed by atoms with van der Waals surface area (Å²) >= 11 is 0. The Labute approximate surface area is 159 Å². The van der Waals surface area contributed by atoms with Crippen molar-refractivity contribution in [1.82, 2.24) is 4.31 Å². The van der Waals surface area contributed by atoms with Crippen LogP contribution in [0.2, 0.25) is 0 Å². The number of aromatic hydroxyl groups is 2. The molecular formula is C20H35NO4S. The first-order valence-corrected chi connectivity index (χ1v) is 11.4. The Morgan fingerprint density at radius 3 is 1.81 bits per heavy atom. The number of hydrogen-bond acceptors (Lipinski definition) is 4. The van der Waals surface area contributed by atoms with Crippen molar-refractivity contribution in [2.24, 2.45) is 0 Å². The molecule has 150 valence electrons. The fourth-order valence-corrected chi connectivity index (χ4v) is 4.49. The summed E-state index contributed by atoms with van der Waals surface area (Å²) in [5, 5.41) is 19.1. The van der Waals surface area contributed by atoms with E-state index in [4.69, 9.17) is 0 Å². The van der Waals surface area contributed by atoms with Gasteiger partial charge in [0.2, 0.25) is 10.0 Å². The fourth-order valence-electron chi connectivity index (χ4n) is 2.95.